The van der Waals surface area contributed by atoms with Gasteiger partial charge in [-0.2, -0.15) is 0 Å². The number of nitrogens with zero attached hydrogens (tertiary/aromatic N) is 1. The minimum absolute atomic E-state index is 0.0205. The maximum Gasteiger partial charge on any atom is 0.119 e. The third kappa shape index (κ3) is 2.55. The number of anilines is 1. The van der Waals surface area contributed by atoms with Crippen LogP contribution < -0.4 is 20.9 Å². The van der Waals surface area contributed by atoms with Crippen molar-refractivity contribution in [1.82, 2.24) is 10.9 Å². The summed E-state index contributed by atoms with van der Waals surface area (Å²) in [6.07, 6.45) is 0.0205. The smallest absolute Gasteiger partial charge is 0.119 e. The molecule has 4 rings (SSSR count). The van der Waals surface area contributed by atoms with Crippen LogP contribution in [0.5, 0.6) is 5.75 Å². The van der Waals surface area contributed by atoms with Crippen molar-refractivity contribution in [3.63, 3.8) is 0 Å². The highest BCUT2D eigenvalue weighted by atomic mass is 35.5. The molecule has 0 amide bonds. The molecule has 1 fully saturated rings. The van der Waals surface area contributed by atoms with Crippen molar-refractivity contribution in [3.8, 4) is 5.75 Å². The van der Waals surface area contributed by atoms with Gasteiger partial charge in [-0.3, -0.25) is 10.4 Å². The lowest BCUT2D eigenvalue weighted by atomic mass is 10.00. The van der Waals surface area contributed by atoms with Crippen molar-refractivity contribution in [3.05, 3.63) is 58.6 Å². The first-order valence-corrected chi connectivity index (χ1v) is 8.34. The molecule has 0 radical (unpaired) electrons. The Labute approximate surface area is 146 Å². The zero-order valence-corrected chi connectivity index (χ0v) is 14.3. The van der Waals surface area contributed by atoms with E-state index in [2.05, 4.69) is 23.1 Å². The minimum Gasteiger partial charge on any atom is -0.497 e. The Hall–Kier alpha value is -2.08. The van der Waals surface area contributed by atoms with Gasteiger partial charge in [0.15, 0.2) is 0 Å². The number of rotatable bonds is 2. The van der Waals surface area contributed by atoms with Crippen LogP contribution in [0, 0.1) is 0 Å². The number of methoxy groups -OCH3 is 1. The van der Waals surface area contributed by atoms with E-state index >= 15 is 0 Å². The summed E-state index contributed by atoms with van der Waals surface area (Å²) in [7, 11) is 1.67. The molecule has 3 unspecified atom stereocenters. The molecule has 2 aliphatic rings. The van der Waals surface area contributed by atoms with Gasteiger partial charge in [-0.1, -0.05) is 29.8 Å². The lowest BCUT2D eigenvalue weighted by Crippen LogP contribution is -2.39. The van der Waals surface area contributed by atoms with Crippen molar-refractivity contribution >= 4 is 23.0 Å². The third-order valence-corrected chi connectivity index (χ3v) is 4.85. The Kier molecular flexibility index (Phi) is 3.92. The van der Waals surface area contributed by atoms with Gasteiger partial charge >= 0.3 is 0 Å². The predicted molar refractivity (Wildman–Crippen MR) is 97.0 cm³/mol. The molecule has 1 saturated heterocycles. The molecule has 3 N–H and O–H groups in total. The lowest BCUT2D eigenvalue weighted by molar-refractivity contribution is 0.415. The molecule has 0 spiro atoms. The number of halogens is 1. The van der Waals surface area contributed by atoms with E-state index in [4.69, 9.17) is 21.3 Å². The molecule has 5 nitrogen and oxygen atoms in total. The van der Waals surface area contributed by atoms with E-state index < -0.39 is 0 Å². The first kappa shape index (κ1) is 15.4. The summed E-state index contributed by atoms with van der Waals surface area (Å²) in [4.78, 5) is 5.06. The second-order valence-corrected chi connectivity index (χ2v) is 6.47. The van der Waals surface area contributed by atoms with Crippen LogP contribution in [0.2, 0.25) is 5.02 Å². The molecule has 124 valence electrons. The summed E-state index contributed by atoms with van der Waals surface area (Å²) >= 11 is 6.47. The summed E-state index contributed by atoms with van der Waals surface area (Å²) in [5.74, 6) is 0.793. The van der Waals surface area contributed by atoms with Gasteiger partial charge in [-0.05, 0) is 31.2 Å². The Morgan fingerprint density at radius 1 is 1.08 bits per heavy atom. The van der Waals surface area contributed by atoms with Crippen molar-refractivity contribution in [2.75, 3.05) is 12.4 Å². The number of benzene rings is 2. The molecular weight excluding hydrogens is 324 g/mol. The van der Waals surface area contributed by atoms with Crippen LogP contribution in [0.25, 0.3) is 0 Å². The van der Waals surface area contributed by atoms with E-state index in [1.165, 1.54) is 0 Å². The predicted octanol–water partition coefficient (Wildman–Crippen LogP) is 2.80. The first-order chi connectivity index (χ1) is 11.7. The first-order valence-electron chi connectivity index (χ1n) is 7.96. The van der Waals surface area contributed by atoms with E-state index in [1.807, 2.05) is 42.5 Å². The number of ether oxygens (including phenoxy) is 1. The van der Waals surface area contributed by atoms with Gasteiger partial charge in [0.25, 0.3) is 0 Å². The number of hydrogen-bond donors (Lipinski definition) is 3. The molecule has 24 heavy (non-hydrogen) atoms. The van der Waals surface area contributed by atoms with Crippen LogP contribution in [0.1, 0.15) is 18.1 Å². The molecule has 2 heterocycles. The molecule has 0 aliphatic carbocycles. The zero-order valence-electron chi connectivity index (χ0n) is 13.5. The number of nitrogens with one attached hydrogen (secondary N) is 3. The van der Waals surface area contributed by atoms with Gasteiger partial charge in [0.2, 0.25) is 0 Å². The van der Waals surface area contributed by atoms with Gasteiger partial charge in [0, 0.05) is 27.9 Å². The summed E-state index contributed by atoms with van der Waals surface area (Å²) in [5.41, 5.74) is 10.3. The second kappa shape index (κ2) is 6.09. The van der Waals surface area contributed by atoms with Crippen LogP contribution in [-0.4, -0.2) is 31.1 Å². The van der Waals surface area contributed by atoms with Crippen molar-refractivity contribution in [1.29, 1.82) is 0 Å². The van der Waals surface area contributed by atoms with E-state index in [9.17, 15) is 0 Å². The van der Waals surface area contributed by atoms with Crippen molar-refractivity contribution in [2.24, 2.45) is 4.99 Å². The largest absolute Gasteiger partial charge is 0.497 e. The fourth-order valence-corrected chi connectivity index (χ4v) is 3.44. The molecule has 2 aliphatic heterocycles. The average Bonchev–Trinajstić information content (AvgIpc) is 2.85. The van der Waals surface area contributed by atoms with Gasteiger partial charge < -0.3 is 10.1 Å². The Balaban J connectivity index is 1.93. The SMILES string of the molecule is COc1ccc2c(c1)C(c1ccccc1Cl)=NC1C(C)NNC1N2. The number of aliphatic imine (C=N–C) groups is 1. The van der Waals surface area contributed by atoms with Crippen LogP contribution in [0.3, 0.4) is 0 Å². The minimum atomic E-state index is 0.0205. The Morgan fingerprint density at radius 3 is 2.71 bits per heavy atom. The summed E-state index contributed by atoms with van der Waals surface area (Å²) in [6, 6.07) is 14.0. The Morgan fingerprint density at radius 2 is 1.92 bits per heavy atom. The number of hydrazine groups is 1. The van der Waals surface area contributed by atoms with E-state index in [0.717, 1.165) is 28.3 Å². The number of fused-ring (bicyclic) bond motifs is 2. The second-order valence-electron chi connectivity index (χ2n) is 6.06. The fraction of sp³-hybridized carbons (Fsp3) is 0.278. The lowest BCUT2D eigenvalue weighted by Gasteiger charge is -2.17. The Bertz CT molecular complexity index is 807. The van der Waals surface area contributed by atoms with Gasteiger partial charge in [0.05, 0.1) is 12.8 Å². The van der Waals surface area contributed by atoms with E-state index in [0.29, 0.717) is 5.02 Å². The standard InChI is InChI=1S/C18H19ClN4O/c1-10-16-18(23-22-10)20-15-8-7-11(24-2)9-13(15)17(21-16)12-5-3-4-6-14(12)19/h3-10,16,18,20,22-23H,1-2H3. The molecule has 3 atom stereocenters. The van der Waals surface area contributed by atoms with Gasteiger partial charge in [0.1, 0.15) is 18.0 Å². The normalized spacial score (nSPS) is 25.1. The molecule has 0 saturated carbocycles. The van der Waals surface area contributed by atoms with Crippen molar-refractivity contribution in [2.45, 2.75) is 25.2 Å². The van der Waals surface area contributed by atoms with Crippen LogP contribution in [-0.2, 0) is 0 Å². The zero-order chi connectivity index (χ0) is 16.7. The summed E-state index contributed by atoms with van der Waals surface area (Å²) in [5, 5.41) is 4.23. The van der Waals surface area contributed by atoms with Gasteiger partial charge in [-0.25, -0.2) is 5.43 Å². The topological polar surface area (TPSA) is 57.7 Å². The van der Waals surface area contributed by atoms with E-state index in [-0.39, 0.29) is 18.2 Å². The molecule has 0 bridgehead atoms. The quantitative estimate of drug-likeness (QED) is 0.785. The fourth-order valence-electron chi connectivity index (χ4n) is 3.21. The third-order valence-electron chi connectivity index (χ3n) is 4.52. The molecule has 6 heteroatoms. The molecule has 0 aromatic heterocycles. The maximum absolute atomic E-state index is 6.47. The highest BCUT2D eigenvalue weighted by Crippen LogP contribution is 2.32. The highest BCUT2D eigenvalue weighted by Gasteiger charge is 2.36. The van der Waals surface area contributed by atoms with Crippen LogP contribution in [0.15, 0.2) is 47.5 Å². The van der Waals surface area contributed by atoms with Crippen LogP contribution in [0.4, 0.5) is 5.69 Å². The monoisotopic (exact) mass is 342 g/mol. The molecule has 2 aromatic rings. The average molecular weight is 343 g/mol. The van der Waals surface area contributed by atoms with Crippen molar-refractivity contribution < 1.29 is 4.74 Å². The molecule has 2 aromatic carbocycles. The molecular formula is C18H19ClN4O. The van der Waals surface area contributed by atoms with Gasteiger partial charge in [-0.15, -0.1) is 0 Å². The summed E-state index contributed by atoms with van der Waals surface area (Å²) < 4.78 is 5.41. The highest BCUT2D eigenvalue weighted by molar-refractivity contribution is 6.36. The van der Waals surface area contributed by atoms with E-state index in [1.54, 1.807) is 7.11 Å². The number of hydrogen-bond acceptors (Lipinski definition) is 5. The maximum atomic E-state index is 6.47. The summed E-state index contributed by atoms with van der Waals surface area (Å²) in [6.45, 7) is 2.11. The van der Waals surface area contributed by atoms with Crippen LogP contribution >= 0.6 is 11.6 Å².